The number of esters is 3. The van der Waals surface area contributed by atoms with Crippen LogP contribution in [0.25, 0.3) is 0 Å². The van der Waals surface area contributed by atoms with Crippen LogP contribution in [0.5, 0.6) is 0 Å². The van der Waals surface area contributed by atoms with E-state index < -0.39 is 6.10 Å². The van der Waals surface area contributed by atoms with Gasteiger partial charge in [-0.25, -0.2) is 0 Å². The number of unbranched alkanes of at least 4 members (excludes halogenated alkanes) is 17. The average molecular weight is 833 g/mol. The number of rotatable bonds is 42. The molecule has 0 aromatic rings. The highest BCUT2D eigenvalue weighted by Crippen LogP contribution is 2.12. The molecular weight excluding hydrogens is 745 g/mol. The second-order valence-electron chi connectivity index (χ2n) is 15.7. The minimum atomic E-state index is -0.811. The topological polar surface area (TPSA) is 78.9 Å². The molecule has 0 aromatic carbocycles. The van der Waals surface area contributed by atoms with Gasteiger partial charge in [-0.1, -0.05) is 182 Å². The molecule has 0 spiro atoms. The van der Waals surface area contributed by atoms with Crippen molar-refractivity contribution >= 4 is 17.9 Å². The molecular formula is C54H88O6. The number of hydrogen-bond acceptors (Lipinski definition) is 6. The second kappa shape index (κ2) is 48.0. The van der Waals surface area contributed by atoms with E-state index in [0.29, 0.717) is 19.3 Å². The van der Waals surface area contributed by atoms with Crippen LogP contribution >= 0.6 is 0 Å². The van der Waals surface area contributed by atoms with Crippen molar-refractivity contribution in [2.24, 2.45) is 0 Å². The van der Waals surface area contributed by atoms with Crippen LogP contribution in [-0.2, 0) is 28.6 Å². The molecule has 0 aliphatic heterocycles. The zero-order valence-electron chi connectivity index (χ0n) is 38.7. The largest absolute Gasteiger partial charge is 0.462 e. The summed E-state index contributed by atoms with van der Waals surface area (Å²) >= 11 is 0. The van der Waals surface area contributed by atoms with Crippen LogP contribution in [0.1, 0.15) is 207 Å². The fourth-order valence-electron chi connectivity index (χ4n) is 6.26. The van der Waals surface area contributed by atoms with Gasteiger partial charge in [-0.3, -0.25) is 14.4 Å². The Morgan fingerprint density at radius 3 is 1.18 bits per heavy atom. The molecule has 340 valence electrons. The molecule has 0 radical (unpaired) electrons. The molecule has 0 fully saturated rings. The number of ether oxygens (including phenoxy) is 3. The lowest BCUT2D eigenvalue weighted by Crippen LogP contribution is -2.30. The Bertz CT molecular complexity index is 1230. The van der Waals surface area contributed by atoms with Crippen LogP contribution in [0.3, 0.4) is 0 Å². The fourth-order valence-corrected chi connectivity index (χ4v) is 6.26. The first-order valence-corrected chi connectivity index (χ1v) is 24.3. The first-order valence-electron chi connectivity index (χ1n) is 24.3. The zero-order chi connectivity index (χ0) is 43.7. The Morgan fingerprint density at radius 2 is 0.717 bits per heavy atom. The fraction of sp³-hybridized carbons (Fsp3) is 0.648. The van der Waals surface area contributed by atoms with Crippen molar-refractivity contribution in [1.82, 2.24) is 0 Å². The van der Waals surface area contributed by atoms with E-state index in [1.54, 1.807) is 0 Å². The Balaban J connectivity index is 4.47. The van der Waals surface area contributed by atoms with E-state index in [2.05, 4.69) is 118 Å². The van der Waals surface area contributed by atoms with Gasteiger partial charge < -0.3 is 14.2 Å². The molecule has 60 heavy (non-hydrogen) atoms. The number of carbonyl (C=O) groups is 3. The Labute approximate surface area is 368 Å². The summed E-state index contributed by atoms with van der Waals surface area (Å²) in [5.74, 6) is -0.990. The summed E-state index contributed by atoms with van der Waals surface area (Å²) in [5.41, 5.74) is 0. The Kier molecular flexibility index (Phi) is 45.1. The summed E-state index contributed by atoms with van der Waals surface area (Å²) in [6.07, 6.45) is 62.5. The van der Waals surface area contributed by atoms with Crippen molar-refractivity contribution in [2.45, 2.75) is 213 Å². The van der Waals surface area contributed by atoms with Gasteiger partial charge in [0.2, 0.25) is 0 Å². The van der Waals surface area contributed by atoms with Crippen LogP contribution in [-0.4, -0.2) is 37.2 Å². The van der Waals surface area contributed by atoms with Crippen LogP contribution in [0.4, 0.5) is 0 Å². The van der Waals surface area contributed by atoms with E-state index in [1.165, 1.54) is 32.1 Å². The van der Waals surface area contributed by atoms with Crippen molar-refractivity contribution in [3.05, 3.63) is 97.2 Å². The SMILES string of the molecule is CC/C=C\C/C=C\C/C=C\CCCCC(=O)OC(COC(=O)CCCCCCC\C=C/C=C\C=C/CCCCCCC)COC(=O)CCCCCCC/C=C\C/C=C\CC. The standard InChI is InChI=1S/C54H88O6/c1-4-7-10-13-16-19-22-25-26-27-28-29-30-33-35-38-41-44-47-53(56)59-50-51(60-54(57)48-45-42-39-36-32-24-21-18-15-12-9-6-3)49-58-52(55)46-43-40-37-34-31-23-20-17-14-11-8-5-2/h8-9,11-12,17-18,20-22,25-29,32,36,51H,4-7,10,13-16,19,23-24,30-31,33-35,37-50H2,1-3H3/b11-8-,12-9-,20-17-,21-18-,25-22-,27-26-,29-28-,36-32-. The highest BCUT2D eigenvalue weighted by atomic mass is 16.6. The maximum atomic E-state index is 12.7. The van der Waals surface area contributed by atoms with Crippen LogP contribution in [0.2, 0.25) is 0 Å². The van der Waals surface area contributed by atoms with E-state index in [9.17, 15) is 14.4 Å². The van der Waals surface area contributed by atoms with Crippen molar-refractivity contribution in [3.8, 4) is 0 Å². The summed E-state index contributed by atoms with van der Waals surface area (Å²) in [5, 5.41) is 0. The zero-order valence-corrected chi connectivity index (χ0v) is 38.7. The lowest BCUT2D eigenvalue weighted by Gasteiger charge is -2.18. The van der Waals surface area contributed by atoms with Gasteiger partial charge in [-0.05, 0) is 103 Å². The molecule has 1 unspecified atom stereocenters. The van der Waals surface area contributed by atoms with Gasteiger partial charge in [0.15, 0.2) is 6.10 Å². The first kappa shape index (κ1) is 56.3. The summed E-state index contributed by atoms with van der Waals surface area (Å²) in [7, 11) is 0. The van der Waals surface area contributed by atoms with Gasteiger partial charge in [-0.15, -0.1) is 0 Å². The van der Waals surface area contributed by atoms with E-state index in [0.717, 1.165) is 128 Å². The molecule has 0 saturated heterocycles. The molecule has 0 aliphatic rings. The summed E-state index contributed by atoms with van der Waals surface area (Å²) in [4.78, 5) is 37.8. The maximum Gasteiger partial charge on any atom is 0.306 e. The third-order valence-corrected chi connectivity index (χ3v) is 9.86. The molecule has 0 heterocycles. The highest BCUT2D eigenvalue weighted by Gasteiger charge is 2.19. The summed E-state index contributed by atoms with van der Waals surface area (Å²) in [6, 6.07) is 0. The second-order valence-corrected chi connectivity index (χ2v) is 15.7. The molecule has 0 saturated carbocycles. The molecule has 0 aromatic heterocycles. The first-order chi connectivity index (χ1) is 29.5. The average Bonchev–Trinajstić information content (AvgIpc) is 3.24. The quantitative estimate of drug-likeness (QED) is 0.0200. The monoisotopic (exact) mass is 833 g/mol. The van der Waals surface area contributed by atoms with Gasteiger partial charge in [-0.2, -0.15) is 0 Å². The smallest absolute Gasteiger partial charge is 0.306 e. The summed E-state index contributed by atoms with van der Waals surface area (Å²) in [6.45, 7) is 6.31. The number of allylic oxidation sites excluding steroid dienone is 16. The molecule has 0 amide bonds. The molecule has 6 heteroatoms. The number of carbonyl (C=O) groups excluding carboxylic acids is 3. The van der Waals surface area contributed by atoms with Gasteiger partial charge in [0, 0.05) is 19.3 Å². The third-order valence-electron chi connectivity index (χ3n) is 9.86. The van der Waals surface area contributed by atoms with Crippen LogP contribution < -0.4 is 0 Å². The van der Waals surface area contributed by atoms with Gasteiger partial charge >= 0.3 is 17.9 Å². The van der Waals surface area contributed by atoms with E-state index in [-0.39, 0.29) is 37.5 Å². The number of hydrogen-bond donors (Lipinski definition) is 0. The molecule has 0 bridgehead atoms. The van der Waals surface area contributed by atoms with Crippen molar-refractivity contribution in [1.29, 1.82) is 0 Å². The lowest BCUT2D eigenvalue weighted by atomic mass is 10.1. The van der Waals surface area contributed by atoms with Crippen LogP contribution in [0, 0.1) is 0 Å². The Morgan fingerprint density at radius 1 is 0.367 bits per heavy atom. The van der Waals surface area contributed by atoms with Crippen LogP contribution in [0.15, 0.2) is 97.2 Å². The molecule has 0 N–H and O–H groups in total. The predicted octanol–water partition coefficient (Wildman–Crippen LogP) is 15.8. The van der Waals surface area contributed by atoms with E-state index in [4.69, 9.17) is 14.2 Å². The predicted molar refractivity (Wildman–Crippen MR) is 256 cm³/mol. The van der Waals surface area contributed by atoms with Gasteiger partial charge in [0.1, 0.15) is 13.2 Å². The van der Waals surface area contributed by atoms with Crippen molar-refractivity contribution < 1.29 is 28.6 Å². The van der Waals surface area contributed by atoms with Gasteiger partial charge in [0.05, 0.1) is 0 Å². The van der Waals surface area contributed by atoms with E-state index in [1.807, 2.05) is 0 Å². The van der Waals surface area contributed by atoms with Gasteiger partial charge in [0.25, 0.3) is 0 Å². The molecule has 6 nitrogen and oxygen atoms in total. The molecule has 0 aliphatic carbocycles. The normalized spacial score (nSPS) is 12.9. The lowest BCUT2D eigenvalue weighted by molar-refractivity contribution is -0.167. The van der Waals surface area contributed by atoms with Crippen molar-refractivity contribution in [3.63, 3.8) is 0 Å². The van der Waals surface area contributed by atoms with Crippen molar-refractivity contribution in [2.75, 3.05) is 13.2 Å². The van der Waals surface area contributed by atoms with E-state index >= 15 is 0 Å². The minimum Gasteiger partial charge on any atom is -0.462 e. The molecule has 1 atom stereocenters. The third kappa shape index (κ3) is 45.4. The maximum absolute atomic E-state index is 12.7. The summed E-state index contributed by atoms with van der Waals surface area (Å²) < 4.78 is 16.7. The minimum absolute atomic E-state index is 0.109. The highest BCUT2D eigenvalue weighted by molar-refractivity contribution is 5.71. The Hall–Kier alpha value is -3.67. The molecule has 0 rings (SSSR count).